The Kier molecular flexibility index (Phi) is 7.82. The number of carbonyl (C=O) groups excluding carboxylic acids is 2. The number of thiazole rings is 1. The molecule has 33 heavy (non-hydrogen) atoms. The van der Waals surface area contributed by atoms with Gasteiger partial charge in [0, 0.05) is 26.9 Å². The number of halogens is 1. The SMILES string of the molecule is CCOC(=O)c1c(-c2ccccc2)csc1NC(=O)CSc1nc(-c2ccc(Cl)cc2)cs1. The number of hydrogen-bond donors (Lipinski definition) is 1. The van der Waals surface area contributed by atoms with E-state index in [4.69, 9.17) is 16.3 Å². The summed E-state index contributed by atoms with van der Waals surface area (Å²) in [7, 11) is 0. The quantitative estimate of drug-likeness (QED) is 0.200. The van der Waals surface area contributed by atoms with Crippen LogP contribution in [0.2, 0.25) is 5.02 Å². The topological polar surface area (TPSA) is 68.3 Å². The van der Waals surface area contributed by atoms with Crippen molar-refractivity contribution in [1.29, 1.82) is 0 Å². The first-order valence-electron chi connectivity index (χ1n) is 10.0. The van der Waals surface area contributed by atoms with Crippen molar-refractivity contribution in [3.8, 4) is 22.4 Å². The first kappa shape index (κ1) is 23.5. The molecule has 2 aromatic carbocycles. The molecule has 2 heterocycles. The fourth-order valence-electron chi connectivity index (χ4n) is 3.05. The molecule has 5 nitrogen and oxygen atoms in total. The largest absolute Gasteiger partial charge is 0.462 e. The van der Waals surface area contributed by atoms with E-state index < -0.39 is 5.97 Å². The molecule has 0 aliphatic carbocycles. The monoisotopic (exact) mass is 514 g/mol. The van der Waals surface area contributed by atoms with E-state index in [0.717, 1.165) is 26.7 Å². The predicted molar refractivity (Wildman–Crippen MR) is 138 cm³/mol. The van der Waals surface area contributed by atoms with E-state index in [0.29, 0.717) is 15.6 Å². The third-order valence-electron chi connectivity index (χ3n) is 4.56. The lowest BCUT2D eigenvalue weighted by molar-refractivity contribution is -0.113. The number of thioether (sulfide) groups is 1. The number of thiophene rings is 1. The highest BCUT2D eigenvalue weighted by Crippen LogP contribution is 2.36. The zero-order valence-corrected chi connectivity index (χ0v) is 20.7. The molecule has 4 aromatic rings. The number of carbonyl (C=O) groups is 2. The molecule has 2 aromatic heterocycles. The van der Waals surface area contributed by atoms with Crippen LogP contribution in [0, 0.1) is 0 Å². The minimum Gasteiger partial charge on any atom is -0.462 e. The summed E-state index contributed by atoms with van der Waals surface area (Å²) in [5.41, 5.74) is 3.83. The third kappa shape index (κ3) is 5.83. The average Bonchev–Trinajstić information content (AvgIpc) is 3.46. The molecule has 1 amide bonds. The Balaban J connectivity index is 1.45. The van der Waals surface area contributed by atoms with E-state index in [1.54, 1.807) is 6.92 Å². The predicted octanol–water partition coefficient (Wildman–Crippen LogP) is 7.10. The molecule has 0 bridgehead atoms. The highest BCUT2D eigenvalue weighted by molar-refractivity contribution is 8.01. The average molecular weight is 515 g/mol. The van der Waals surface area contributed by atoms with Crippen LogP contribution in [-0.4, -0.2) is 29.2 Å². The van der Waals surface area contributed by atoms with Crippen molar-refractivity contribution >= 4 is 62.9 Å². The third-order valence-corrected chi connectivity index (χ3v) is 7.73. The van der Waals surface area contributed by atoms with E-state index in [2.05, 4.69) is 10.3 Å². The first-order chi connectivity index (χ1) is 16.0. The minimum atomic E-state index is -0.451. The Hall–Kier alpha value is -2.65. The second-order valence-corrected chi connectivity index (χ2v) is 10.2. The van der Waals surface area contributed by atoms with E-state index in [1.165, 1.54) is 34.4 Å². The van der Waals surface area contributed by atoms with Gasteiger partial charge in [0.2, 0.25) is 5.91 Å². The fraction of sp³-hybridized carbons (Fsp3) is 0.125. The molecule has 0 atom stereocenters. The van der Waals surface area contributed by atoms with Gasteiger partial charge in [-0.1, -0.05) is 65.8 Å². The molecule has 168 valence electrons. The highest BCUT2D eigenvalue weighted by atomic mass is 35.5. The standard InChI is InChI=1S/C24H19ClN2O3S3/c1-2-30-23(29)21-18(15-6-4-3-5-7-15)12-31-22(21)27-20(28)14-33-24-26-19(13-32-24)16-8-10-17(25)11-9-16/h3-13H,2,14H2,1H3,(H,27,28). The number of anilines is 1. The van der Waals surface area contributed by atoms with Crippen LogP contribution in [0.3, 0.4) is 0 Å². The summed E-state index contributed by atoms with van der Waals surface area (Å²) in [4.78, 5) is 29.9. The number of ether oxygens (including phenoxy) is 1. The summed E-state index contributed by atoms with van der Waals surface area (Å²) >= 11 is 10.1. The number of nitrogens with zero attached hydrogens (tertiary/aromatic N) is 1. The number of rotatable bonds is 8. The maximum absolute atomic E-state index is 12.7. The fourth-order valence-corrected chi connectivity index (χ4v) is 5.79. The van der Waals surface area contributed by atoms with Gasteiger partial charge >= 0.3 is 5.97 Å². The lowest BCUT2D eigenvalue weighted by atomic mass is 10.0. The van der Waals surface area contributed by atoms with E-state index in [1.807, 2.05) is 65.4 Å². The second-order valence-electron chi connectivity index (χ2n) is 6.78. The van der Waals surface area contributed by atoms with Gasteiger partial charge in [-0.15, -0.1) is 22.7 Å². The molecule has 0 spiro atoms. The maximum Gasteiger partial charge on any atom is 0.341 e. The zero-order chi connectivity index (χ0) is 23.2. The Morgan fingerprint density at radius 1 is 1.03 bits per heavy atom. The molecular weight excluding hydrogens is 496 g/mol. The Morgan fingerprint density at radius 2 is 1.79 bits per heavy atom. The molecule has 0 aliphatic rings. The van der Waals surface area contributed by atoms with Crippen molar-refractivity contribution < 1.29 is 14.3 Å². The van der Waals surface area contributed by atoms with Crippen LogP contribution in [0.4, 0.5) is 5.00 Å². The van der Waals surface area contributed by atoms with Crippen LogP contribution in [0.1, 0.15) is 17.3 Å². The molecule has 0 aliphatic heterocycles. The molecule has 0 fully saturated rings. The summed E-state index contributed by atoms with van der Waals surface area (Å²) in [6.07, 6.45) is 0. The Bertz CT molecular complexity index is 1250. The minimum absolute atomic E-state index is 0.175. The summed E-state index contributed by atoms with van der Waals surface area (Å²) in [6.45, 7) is 2.01. The van der Waals surface area contributed by atoms with Crippen LogP contribution in [0.5, 0.6) is 0 Å². The molecule has 0 unspecified atom stereocenters. The van der Waals surface area contributed by atoms with Crippen LogP contribution >= 0.6 is 46.0 Å². The smallest absolute Gasteiger partial charge is 0.341 e. The van der Waals surface area contributed by atoms with E-state index >= 15 is 0 Å². The number of nitrogens with one attached hydrogen (secondary N) is 1. The lowest BCUT2D eigenvalue weighted by Crippen LogP contribution is -2.16. The molecular formula is C24H19ClN2O3S3. The van der Waals surface area contributed by atoms with Crippen LogP contribution in [0.25, 0.3) is 22.4 Å². The number of benzene rings is 2. The van der Waals surface area contributed by atoms with Gasteiger partial charge in [-0.2, -0.15) is 0 Å². The molecule has 4 rings (SSSR count). The molecule has 9 heteroatoms. The van der Waals surface area contributed by atoms with E-state index in [-0.39, 0.29) is 18.3 Å². The van der Waals surface area contributed by atoms with Crippen molar-refractivity contribution in [3.05, 3.63) is 75.9 Å². The maximum atomic E-state index is 12.7. The zero-order valence-electron chi connectivity index (χ0n) is 17.5. The molecule has 0 saturated carbocycles. The van der Waals surface area contributed by atoms with E-state index in [9.17, 15) is 9.59 Å². The number of aromatic nitrogens is 1. The van der Waals surface area contributed by atoms with Gasteiger partial charge in [0.1, 0.15) is 10.6 Å². The molecule has 0 radical (unpaired) electrons. The summed E-state index contributed by atoms with van der Waals surface area (Å²) < 4.78 is 6.04. The van der Waals surface area contributed by atoms with Crippen LogP contribution in [0.15, 0.2) is 69.7 Å². The molecule has 1 N–H and O–H groups in total. The van der Waals surface area contributed by atoms with Gasteiger partial charge < -0.3 is 10.1 Å². The van der Waals surface area contributed by atoms with Crippen molar-refractivity contribution in [2.75, 3.05) is 17.7 Å². The van der Waals surface area contributed by atoms with Crippen molar-refractivity contribution in [3.63, 3.8) is 0 Å². The highest BCUT2D eigenvalue weighted by Gasteiger charge is 2.23. The number of esters is 1. The van der Waals surface area contributed by atoms with Gasteiger partial charge in [0.05, 0.1) is 18.1 Å². The second kappa shape index (κ2) is 11.0. The van der Waals surface area contributed by atoms with Gasteiger partial charge in [-0.25, -0.2) is 9.78 Å². The first-order valence-corrected chi connectivity index (χ1v) is 13.2. The Morgan fingerprint density at radius 3 is 2.52 bits per heavy atom. The van der Waals surface area contributed by atoms with Crippen molar-refractivity contribution in [1.82, 2.24) is 4.98 Å². The van der Waals surface area contributed by atoms with Crippen molar-refractivity contribution in [2.24, 2.45) is 0 Å². The summed E-state index contributed by atoms with van der Waals surface area (Å²) in [5, 5.41) is 7.85. The lowest BCUT2D eigenvalue weighted by Gasteiger charge is -2.08. The van der Waals surface area contributed by atoms with Gasteiger partial charge in [-0.05, 0) is 24.6 Å². The normalized spacial score (nSPS) is 10.7. The Labute approximate surface area is 208 Å². The van der Waals surface area contributed by atoms with Gasteiger partial charge in [0.25, 0.3) is 0 Å². The molecule has 0 saturated heterocycles. The number of amides is 1. The summed E-state index contributed by atoms with van der Waals surface area (Å²) in [6, 6.07) is 17.0. The van der Waals surface area contributed by atoms with Gasteiger partial charge in [-0.3, -0.25) is 4.79 Å². The van der Waals surface area contributed by atoms with Crippen molar-refractivity contribution in [2.45, 2.75) is 11.3 Å². The van der Waals surface area contributed by atoms with Gasteiger partial charge in [0.15, 0.2) is 4.34 Å². The van der Waals surface area contributed by atoms with Crippen LogP contribution in [-0.2, 0) is 9.53 Å². The van der Waals surface area contributed by atoms with Crippen LogP contribution < -0.4 is 5.32 Å². The number of hydrogen-bond acceptors (Lipinski definition) is 7. The summed E-state index contributed by atoms with van der Waals surface area (Å²) in [5.74, 6) is -0.489.